The van der Waals surface area contributed by atoms with Gasteiger partial charge in [0, 0.05) is 16.7 Å². The molecule has 1 aromatic carbocycles. The predicted molar refractivity (Wildman–Crippen MR) is 69.6 cm³/mol. The van der Waals surface area contributed by atoms with E-state index in [-0.39, 0.29) is 0 Å². The molecule has 0 amide bonds. The Labute approximate surface area is 104 Å². The SMILES string of the molecule is Clc1ccc(NCC2CCCC2)cc1Br. The van der Waals surface area contributed by atoms with Crippen LogP contribution in [0.25, 0.3) is 0 Å². The second kappa shape index (κ2) is 5.22. The molecule has 15 heavy (non-hydrogen) atoms. The molecular formula is C12H15BrClN. The van der Waals surface area contributed by atoms with Gasteiger partial charge in [-0.05, 0) is 52.9 Å². The van der Waals surface area contributed by atoms with Crippen LogP contribution in [-0.2, 0) is 0 Å². The van der Waals surface area contributed by atoms with Gasteiger partial charge in [0.1, 0.15) is 0 Å². The van der Waals surface area contributed by atoms with Crippen molar-refractivity contribution in [2.24, 2.45) is 5.92 Å². The van der Waals surface area contributed by atoms with Crippen molar-refractivity contribution in [3.63, 3.8) is 0 Å². The van der Waals surface area contributed by atoms with E-state index in [9.17, 15) is 0 Å². The van der Waals surface area contributed by atoms with Gasteiger partial charge in [-0.2, -0.15) is 0 Å². The number of benzene rings is 1. The van der Waals surface area contributed by atoms with E-state index in [1.807, 2.05) is 18.2 Å². The molecule has 1 aromatic rings. The molecule has 1 fully saturated rings. The molecule has 0 atom stereocenters. The van der Waals surface area contributed by atoms with Crippen molar-refractivity contribution in [1.82, 2.24) is 0 Å². The lowest BCUT2D eigenvalue weighted by Gasteiger charge is -2.12. The van der Waals surface area contributed by atoms with Crippen LogP contribution in [0, 0.1) is 5.92 Å². The van der Waals surface area contributed by atoms with Gasteiger partial charge in [0.25, 0.3) is 0 Å². The quantitative estimate of drug-likeness (QED) is 0.850. The first-order chi connectivity index (χ1) is 7.25. The Kier molecular flexibility index (Phi) is 3.92. The van der Waals surface area contributed by atoms with Gasteiger partial charge in [-0.3, -0.25) is 0 Å². The third-order valence-electron chi connectivity index (χ3n) is 2.99. The Morgan fingerprint density at radius 3 is 2.73 bits per heavy atom. The van der Waals surface area contributed by atoms with Crippen LogP contribution in [0.3, 0.4) is 0 Å². The van der Waals surface area contributed by atoms with Gasteiger partial charge in [-0.25, -0.2) is 0 Å². The van der Waals surface area contributed by atoms with Crippen LogP contribution in [0.4, 0.5) is 5.69 Å². The van der Waals surface area contributed by atoms with Crippen LogP contribution in [0.5, 0.6) is 0 Å². The molecule has 0 aliphatic heterocycles. The van der Waals surface area contributed by atoms with E-state index in [0.717, 1.165) is 27.6 Å². The summed E-state index contributed by atoms with van der Waals surface area (Å²) in [7, 11) is 0. The smallest absolute Gasteiger partial charge is 0.0549 e. The molecule has 1 aliphatic carbocycles. The molecule has 3 heteroatoms. The lowest BCUT2D eigenvalue weighted by Crippen LogP contribution is -2.10. The van der Waals surface area contributed by atoms with E-state index in [0.29, 0.717) is 0 Å². The van der Waals surface area contributed by atoms with Gasteiger partial charge < -0.3 is 5.32 Å². The lowest BCUT2D eigenvalue weighted by molar-refractivity contribution is 0.580. The average Bonchev–Trinajstić information content (AvgIpc) is 2.73. The van der Waals surface area contributed by atoms with E-state index in [1.165, 1.54) is 25.7 Å². The van der Waals surface area contributed by atoms with E-state index < -0.39 is 0 Å². The fourth-order valence-corrected chi connectivity index (χ4v) is 2.58. The van der Waals surface area contributed by atoms with Crippen molar-refractivity contribution in [2.75, 3.05) is 11.9 Å². The Balaban J connectivity index is 1.90. The summed E-state index contributed by atoms with van der Waals surface area (Å²) < 4.78 is 0.959. The average molecular weight is 289 g/mol. The molecule has 0 radical (unpaired) electrons. The van der Waals surface area contributed by atoms with E-state index in [2.05, 4.69) is 21.2 Å². The summed E-state index contributed by atoms with van der Waals surface area (Å²) in [6, 6.07) is 5.99. The molecule has 0 unspecified atom stereocenters. The molecule has 1 N–H and O–H groups in total. The van der Waals surface area contributed by atoms with Gasteiger partial charge in [-0.15, -0.1) is 0 Å². The van der Waals surface area contributed by atoms with Crippen molar-refractivity contribution < 1.29 is 0 Å². The normalized spacial score (nSPS) is 16.9. The molecule has 0 bridgehead atoms. The summed E-state index contributed by atoms with van der Waals surface area (Å²) in [4.78, 5) is 0. The number of rotatable bonds is 3. The maximum Gasteiger partial charge on any atom is 0.0549 e. The van der Waals surface area contributed by atoms with Gasteiger partial charge in [0.2, 0.25) is 0 Å². The zero-order chi connectivity index (χ0) is 10.7. The number of hydrogen-bond donors (Lipinski definition) is 1. The maximum absolute atomic E-state index is 5.93. The minimum atomic E-state index is 0.765. The molecule has 0 aromatic heterocycles. The minimum absolute atomic E-state index is 0.765. The Morgan fingerprint density at radius 2 is 2.07 bits per heavy atom. The second-order valence-corrected chi connectivity index (χ2v) is 5.42. The third-order valence-corrected chi connectivity index (χ3v) is 4.20. The number of anilines is 1. The Hall–Kier alpha value is -0.210. The Bertz CT molecular complexity index is 334. The third kappa shape index (κ3) is 3.12. The number of halogens is 2. The summed E-state index contributed by atoms with van der Waals surface area (Å²) in [5.74, 6) is 0.861. The van der Waals surface area contributed by atoms with Gasteiger partial charge in [0.15, 0.2) is 0 Å². The molecule has 0 heterocycles. The monoisotopic (exact) mass is 287 g/mol. The summed E-state index contributed by atoms with van der Waals surface area (Å²) in [6.07, 6.45) is 5.55. The first kappa shape index (κ1) is 11.3. The first-order valence-corrected chi connectivity index (χ1v) is 6.62. The summed E-state index contributed by atoms with van der Waals surface area (Å²) in [5, 5.41) is 4.23. The summed E-state index contributed by atoms with van der Waals surface area (Å²) in [5.41, 5.74) is 1.15. The van der Waals surface area contributed by atoms with Crippen LogP contribution in [0.1, 0.15) is 25.7 Å². The van der Waals surface area contributed by atoms with Crippen molar-refractivity contribution in [3.05, 3.63) is 27.7 Å². The van der Waals surface area contributed by atoms with Crippen LogP contribution in [-0.4, -0.2) is 6.54 Å². The van der Waals surface area contributed by atoms with Gasteiger partial charge in [-0.1, -0.05) is 24.4 Å². The highest BCUT2D eigenvalue weighted by Gasteiger charge is 2.14. The molecule has 2 rings (SSSR count). The van der Waals surface area contributed by atoms with Crippen LogP contribution < -0.4 is 5.32 Å². The van der Waals surface area contributed by atoms with E-state index >= 15 is 0 Å². The fraction of sp³-hybridized carbons (Fsp3) is 0.500. The molecular weight excluding hydrogens is 273 g/mol. The maximum atomic E-state index is 5.93. The second-order valence-electron chi connectivity index (χ2n) is 4.16. The van der Waals surface area contributed by atoms with Gasteiger partial charge >= 0.3 is 0 Å². The molecule has 0 saturated heterocycles. The summed E-state index contributed by atoms with van der Waals surface area (Å²) in [6.45, 7) is 1.09. The molecule has 0 spiro atoms. The van der Waals surface area contributed by atoms with E-state index in [4.69, 9.17) is 11.6 Å². The minimum Gasteiger partial charge on any atom is -0.385 e. The first-order valence-electron chi connectivity index (χ1n) is 5.44. The zero-order valence-electron chi connectivity index (χ0n) is 8.60. The van der Waals surface area contributed by atoms with Crippen molar-refractivity contribution in [1.29, 1.82) is 0 Å². The van der Waals surface area contributed by atoms with Gasteiger partial charge in [0.05, 0.1) is 5.02 Å². The molecule has 1 nitrogen and oxygen atoms in total. The topological polar surface area (TPSA) is 12.0 Å². The molecule has 82 valence electrons. The predicted octanol–water partition coefficient (Wildman–Crippen LogP) is 4.70. The standard InChI is InChI=1S/C12H15BrClN/c13-11-7-10(5-6-12(11)14)15-8-9-3-1-2-4-9/h5-7,9,15H,1-4,8H2. The Morgan fingerprint density at radius 1 is 1.33 bits per heavy atom. The highest BCUT2D eigenvalue weighted by molar-refractivity contribution is 9.10. The largest absolute Gasteiger partial charge is 0.385 e. The fourth-order valence-electron chi connectivity index (χ4n) is 2.08. The van der Waals surface area contributed by atoms with Crippen molar-refractivity contribution in [2.45, 2.75) is 25.7 Å². The summed E-state index contributed by atoms with van der Waals surface area (Å²) >= 11 is 9.36. The van der Waals surface area contributed by atoms with E-state index in [1.54, 1.807) is 0 Å². The number of hydrogen-bond acceptors (Lipinski definition) is 1. The zero-order valence-corrected chi connectivity index (χ0v) is 10.9. The molecule has 1 saturated carbocycles. The van der Waals surface area contributed by atoms with Crippen molar-refractivity contribution in [3.8, 4) is 0 Å². The van der Waals surface area contributed by atoms with Crippen molar-refractivity contribution >= 4 is 33.2 Å². The van der Waals surface area contributed by atoms with Crippen LogP contribution in [0.2, 0.25) is 5.02 Å². The van der Waals surface area contributed by atoms with Crippen LogP contribution >= 0.6 is 27.5 Å². The molecule has 1 aliphatic rings. The number of nitrogens with one attached hydrogen (secondary N) is 1. The highest BCUT2D eigenvalue weighted by Crippen LogP contribution is 2.27. The van der Waals surface area contributed by atoms with Crippen LogP contribution in [0.15, 0.2) is 22.7 Å². The highest BCUT2D eigenvalue weighted by atomic mass is 79.9. The lowest BCUT2D eigenvalue weighted by atomic mass is 10.1.